The molecule has 2 aromatic rings. The monoisotopic (exact) mass is 457 g/mol. The first-order valence-electron chi connectivity index (χ1n) is 8.26. The van der Waals surface area contributed by atoms with Crippen molar-refractivity contribution in [2.75, 3.05) is 12.8 Å². The van der Waals surface area contributed by atoms with E-state index in [0.29, 0.717) is 24.3 Å². The van der Waals surface area contributed by atoms with Crippen LogP contribution in [0.4, 0.5) is 0 Å². The third-order valence-corrected chi connectivity index (χ3v) is 7.15. The fourth-order valence-electron chi connectivity index (χ4n) is 3.16. The predicted molar refractivity (Wildman–Crippen MR) is 107 cm³/mol. The molecule has 26 heavy (non-hydrogen) atoms. The summed E-state index contributed by atoms with van der Waals surface area (Å²) in [5.41, 5.74) is 0.966. The van der Waals surface area contributed by atoms with Gasteiger partial charge < -0.3 is 4.57 Å². The molecule has 0 aliphatic carbocycles. The van der Waals surface area contributed by atoms with Gasteiger partial charge in [0.25, 0.3) is 5.91 Å². The molecular formula is C17H20BrN3O3S2. The zero-order valence-electron chi connectivity index (χ0n) is 14.4. The number of nitrogens with zero attached hydrogens (tertiary/aromatic N) is 3. The highest BCUT2D eigenvalue weighted by Gasteiger charge is 2.34. The van der Waals surface area contributed by atoms with Gasteiger partial charge in [-0.25, -0.2) is 8.42 Å². The summed E-state index contributed by atoms with van der Waals surface area (Å²) in [5, 5.41) is 0. The Morgan fingerprint density at radius 3 is 2.92 bits per heavy atom. The summed E-state index contributed by atoms with van der Waals surface area (Å²) in [7, 11) is -3.44. The van der Waals surface area contributed by atoms with Gasteiger partial charge in [-0.2, -0.15) is 9.30 Å². The Labute approximate surface area is 165 Å². The number of piperidine rings is 1. The first kappa shape index (κ1) is 19.5. The van der Waals surface area contributed by atoms with Crippen LogP contribution >= 0.6 is 27.3 Å². The van der Waals surface area contributed by atoms with Gasteiger partial charge in [0.15, 0.2) is 4.80 Å². The highest BCUT2D eigenvalue weighted by Crippen LogP contribution is 2.23. The van der Waals surface area contributed by atoms with E-state index in [4.69, 9.17) is 0 Å². The Morgan fingerprint density at radius 1 is 1.46 bits per heavy atom. The van der Waals surface area contributed by atoms with Crippen LogP contribution in [0.25, 0.3) is 10.2 Å². The lowest BCUT2D eigenvalue weighted by molar-refractivity contribution is -0.122. The van der Waals surface area contributed by atoms with Crippen molar-refractivity contribution < 1.29 is 13.2 Å². The van der Waals surface area contributed by atoms with E-state index in [1.54, 1.807) is 6.08 Å². The molecule has 9 heteroatoms. The summed E-state index contributed by atoms with van der Waals surface area (Å²) in [6.45, 7) is 4.67. The molecule has 0 saturated carbocycles. The van der Waals surface area contributed by atoms with Gasteiger partial charge in [0, 0.05) is 17.6 Å². The summed E-state index contributed by atoms with van der Waals surface area (Å²) in [6.07, 6.45) is 5.00. The third-order valence-electron chi connectivity index (χ3n) is 4.33. The Hall–Kier alpha value is -1.29. The molecule has 2 heterocycles. The fourth-order valence-corrected chi connectivity index (χ4v) is 5.87. The average molecular weight is 458 g/mol. The normalized spacial score (nSPS) is 19.8. The minimum absolute atomic E-state index is 0.372. The van der Waals surface area contributed by atoms with E-state index in [-0.39, 0.29) is 0 Å². The first-order chi connectivity index (χ1) is 12.3. The summed E-state index contributed by atoms with van der Waals surface area (Å²) >= 11 is 4.86. The molecule has 1 aromatic carbocycles. The van der Waals surface area contributed by atoms with Gasteiger partial charge in [-0.1, -0.05) is 39.8 Å². The van der Waals surface area contributed by atoms with Crippen LogP contribution in [0.15, 0.2) is 40.3 Å². The molecule has 1 unspecified atom stereocenters. The molecule has 1 aliphatic rings. The predicted octanol–water partition coefficient (Wildman–Crippen LogP) is 2.89. The molecule has 1 aromatic heterocycles. The van der Waals surface area contributed by atoms with Crippen LogP contribution in [-0.2, 0) is 21.4 Å². The molecule has 1 saturated heterocycles. The van der Waals surface area contributed by atoms with Crippen molar-refractivity contribution in [2.45, 2.75) is 31.8 Å². The van der Waals surface area contributed by atoms with Crippen molar-refractivity contribution >= 4 is 53.4 Å². The lowest BCUT2D eigenvalue weighted by Gasteiger charge is -2.31. The van der Waals surface area contributed by atoms with Crippen LogP contribution in [0.3, 0.4) is 0 Å². The SMILES string of the molecule is C=CCn1c(=NC(=O)C2CCCCN2S(C)(=O)=O)sc2cc(Br)ccc21. The highest BCUT2D eigenvalue weighted by molar-refractivity contribution is 9.10. The maximum absolute atomic E-state index is 12.8. The number of sulfonamides is 1. The Bertz CT molecular complexity index is 1020. The number of benzene rings is 1. The molecule has 0 spiro atoms. The van der Waals surface area contributed by atoms with Crippen LogP contribution in [-0.4, -0.2) is 42.0 Å². The second-order valence-electron chi connectivity index (χ2n) is 6.23. The second kappa shape index (κ2) is 7.75. The van der Waals surface area contributed by atoms with Gasteiger partial charge in [-0.15, -0.1) is 6.58 Å². The van der Waals surface area contributed by atoms with Gasteiger partial charge in [0.2, 0.25) is 10.0 Å². The number of thiazole rings is 1. The van der Waals surface area contributed by atoms with Gasteiger partial charge in [-0.3, -0.25) is 4.79 Å². The minimum Gasteiger partial charge on any atom is -0.313 e. The molecular weight excluding hydrogens is 438 g/mol. The maximum atomic E-state index is 12.8. The van der Waals surface area contributed by atoms with Gasteiger partial charge in [0.05, 0.1) is 16.5 Å². The van der Waals surface area contributed by atoms with Crippen molar-refractivity contribution in [3.63, 3.8) is 0 Å². The van der Waals surface area contributed by atoms with Gasteiger partial charge in [0.1, 0.15) is 6.04 Å². The summed E-state index contributed by atoms with van der Waals surface area (Å²) in [5.74, 6) is -0.404. The molecule has 6 nitrogen and oxygen atoms in total. The number of aromatic nitrogens is 1. The van der Waals surface area contributed by atoms with Crippen molar-refractivity contribution in [3.05, 3.63) is 40.1 Å². The number of hydrogen-bond acceptors (Lipinski definition) is 4. The Morgan fingerprint density at radius 2 is 2.23 bits per heavy atom. The number of carbonyl (C=O) groups is 1. The second-order valence-corrected chi connectivity index (χ2v) is 10.1. The topological polar surface area (TPSA) is 71.7 Å². The van der Waals surface area contributed by atoms with Crippen molar-refractivity contribution in [2.24, 2.45) is 4.99 Å². The molecule has 3 rings (SSSR count). The van der Waals surface area contributed by atoms with E-state index >= 15 is 0 Å². The van der Waals surface area contributed by atoms with E-state index in [0.717, 1.165) is 33.8 Å². The van der Waals surface area contributed by atoms with Crippen LogP contribution in [0.5, 0.6) is 0 Å². The average Bonchev–Trinajstić information content (AvgIpc) is 2.91. The molecule has 140 valence electrons. The number of allylic oxidation sites excluding steroid dienone is 1. The number of hydrogen-bond donors (Lipinski definition) is 0. The molecule has 0 bridgehead atoms. The van der Waals surface area contributed by atoms with Gasteiger partial charge >= 0.3 is 0 Å². The Balaban J connectivity index is 2.07. The first-order valence-corrected chi connectivity index (χ1v) is 11.7. The number of halogens is 1. The lowest BCUT2D eigenvalue weighted by Crippen LogP contribution is -2.47. The van der Waals surface area contributed by atoms with Crippen LogP contribution in [0, 0.1) is 0 Å². The largest absolute Gasteiger partial charge is 0.313 e. The number of rotatable bonds is 4. The fraction of sp³-hybridized carbons (Fsp3) is 0.412. The van der Waals surface area contributed by atoms with Crippen LogP contribution < -0.4 is 4.80 Å². The number of carbonyl (C=O) groups excluding carboxylic acids is 1. The zero-order chi connectivity index (χ0) is 18.9. The van der Waals surface area contributed by atoms with Crippen molar-refractivity contribution in [1.82, 2.24) is 8.87 Å². The van der Waals surface area contributed by atoms with Crippen LogP contribution in [0.1, 0.15) is 19.3 Å². The summed E-state index contributed by atoms with van der Waals surface area (Å²) in [4.78, 5) is 17.7. The summed E-state index contributed by atoms with van der Waals surface area (Å²) in [6, 6.07) is 5.17. The smallest absolute Gasteiger partial charge is 0.266 e. The molecule has 1 atom stereocenters. The molecule has 1 amide bonds. The Kier molecular flexibility index (Phi) is 5.81. The molecule has 0 N–H and O–H groups in total. The molecule has 1 fully saturated rings. The highest BCUT2D eigenvalue weighted by atomic mass is 79.9. The number of amides is 1. The maximum Gasteiger partial charge on any atom is 0.266 e. The van der Waals surface area contributed by atoms with Crippen molar-refractivity contribution in [3.8, 4) is 0 Å². The molecule has 1 aliphatic heterocycles. The van der Waals surface area contributed by atoms with E-state index < -0.39 is 22.0 Å². The van der Waals surface area contributed by atoms with E-state index in [9.17, 15) is 13.2 Å². The lowest BCUT2D eigenvalue weighted by atomic mass is 10.0. The van der Waals surface area contributed by atoms with E-state index in [2.05, 4.69) is 27.5 Å². The zero-order valence-corrected chi connectivity index (χ0v) is 17.6. The van der Waals surface area contributed by atoms with E-state index in [1.807, 2.05) is 22.8 Å². The minimum atomic E-state index is -3.44. The quantitative estimate of drug-likeness (QED) is 0.662. The van der Waals surface area contributed by atoms with Gasteiger partial charge in [-0.05, 0) is 31.0 Å². The van der Waals surface area contributed by atoms with Crippen molar-refractivity contribution in [1.29, 1.82) is 0 Å². The number of fused-ring (bicyclic) bond motifs is 1. The standard InChI is InChI=1S/C17H20BrN3O3S2/c1-3-9-20-13-8-7-12(18)11-15(13)25-17(20)19-16(22)14-6-4-5-10-21(14)26(2,23)24/h3,7-8,11,14H,1,4-6,9-10H2,2H3. The molecule has 0 radical (unpaired) electrons. The third kappa shape index (κ3) is 4.00. The summed E-state index contributed by atoms with van der Waals surface area (Å²) < 4.78 is 29.2. The van der Waals surface area contributed by atoms with Crippen LogP contribution in [0.2, 0.25) is 0 Å². The van der Waals surface area contributed by atoms with E-state index in [1.165, 1.54) is 15.6 Å².